The minimum atomic E-state index is 0.105. The van der Waals surface area contributed by atoms with E-state index in [1.54, 1.807) is 13.3 Å². The normalized spacial score (nSPS) is 12.5. The van der Waals surface area contributed by atoms with Crippen molar-refractivity contribution in [1.29, 1.82) is 0 Å². The Morgan fingerprint density at radius 3 is 2.79 bits per heavy atom. The maximum Gasteiger partial charge on any atom is 0.212 e. The molecule has 0 saturated heterocycles. The topological polar surface area (TPSA) is 48.1 Å². The highest BCUT2D eigenvalue weighted by atomic mass is 16.5. The summed E-state index contributed by atoms with van der Waals surface area (Å²) in [5.41, 5.74) is 7.07. The predicted molar refractivity (Wildman–Crippen MR) is 57.2 cm³/mol. The Hall–Kier alpha value is -1.09. The van der Waals surface area contributed by atoms with E-state index in [0.717, 1.165) is 18.4 Å². The van der Waals surface area contributed by atoms with Crippen molar-refractivity contribution < 1.29 is 4.74 Å². The zero-order chi connectivity index (χ0) is 10.4. The molecule has 1 aromatic heterocycles. The molecule has 1 atom stereocenters. The van der Waals surface area contributed by atoms with E-state index in [2.05, 4.69) is 11.9 Å². The average molecular weight is 194 g/mol. The van der Waals surface area contributed by atoms with Crippen LogP contribution in [0.1, 0.15) is 37.8 Å². The monoisotopic (exact) mass is 194 g/mol. The van der Waals surface area contributed by atoms with Gasteiger partial charge in [-0.05, 0) is 12.0 Å². The molecule has 14 heavy (non-hydrogen) atoms. The summed E-state index contributed by atoms with van der Waals surface area (Å²) in [4.78, 5) is 4.12. The minimum Gasteiger partial charge on any atom is -0.481 e. The Labute approximate surface area is 85.3 Å². The molecule has 0 aliphatic heterocycles. The van der Waals surface area contributed by atoms with Crippen LogP contribution in [0.5, 0.6) is 5.88 Å². The van der Waals surface area contributed by atoms with Gasteiger partial charge in [0.05, 0.1) is 7.11 Å². The maximum atomic E-state index is 5.99. The highest BCUT2D eigenvalue weighted by molar-refractivity contribution is 5.20. The Balaban J connectivity index is 2.57. The van der Waals surface area contributed by atoms with Crippen LogP contribution >= 0.6 is 0 Å². The first-order valence-corrected chi connectivity index (χ1v) is 5.03. The highest BCUT2D eigenvalue weighted by Gasteiger charge is 2.05. The fraction of sp³-hybridized carbons (Fsp3) is 0.545. The van der Waals surface area contributed by atoms with Crippen molar-refractivity contribution in [2.24, 2.45) is 5.73 Å². The molecule has 0 aromatic carbocycles. The third-order valence-electron chi connectivity index (χ3n) is 2.27. The molecule has 78 valence electrons. The third-order valence-corrected chi connectivity index (χ3v) is 2.27. The standard InChI is InChI=1S/C11H18N2O/c1-3-4-5-10(12)9-6-7-11(14-2)13-8-9/h6-8,10H,3-5,12H2,1-2H3/t10-/m1/s1. The summed E-state index contributed by atoms with van der Waals surface area (Å²) in [6.45, 7) is 2.17. The number of nitrogens with zero attached hydrogens (tertiary/aromatic N) is 1. The summed E-state index contributed by atoms with van der Waals surface area (Å²) >= 11 is 0. The van der Waals surface area contributed by atoms with E-state index >= 15 is 0 Å². The Morgan fingerprint density at radius 1 is 1.50 bits per heavy atom. The van der Waals surface area contributed by atoms with E-state index in [1.807, 2.05) is 12.1 Å². The molecule has 2 N–H and O–H groups in total. The Kier molecular flexibility index (Phi) is 4.40. The van der Waals surface area contributed by atoms with Crippen LogP contribution in [0, 0.1) is 0 Å². The third kappa shape index (κ3) is 3.00. The van der Waals surface area contributed by atoms with Gasteiger partial charge in [-0.1, -0.05) is 25.8 Å². The number of unbranched alkanes of at least 4 members (excludes halogenated alkanes) is 1. The quantitative estimate of drug-likeness (QED) is 0.782. The van der Waals surface area contributed by atoms with Crippen LogP contribution in [0.4, 0.5) is 0 Å². The maximum absolute atomic E-state index is 5.99. The van der Waals surface area contributed by atoms with Crippen LogP contribution < -0.4 is 10.5 Å². The first-order chi connectivity index (χ1) is 6.77. The van der Waals surface area contributed by atoms with E-state index in [-0.39, 0.29) is 6.04 Å². The van der Waals surface area contributed by atoms with Crippen LogP contribution in [0.3, 0.4) is 0 Å². The second kappa shape index (κ2) is 5.60. The second-order valence-corrected chi connectivity index (χ2v) is 3.38. The van der Waals surface area contributed by atoms with Crippen LogP contribution in [-0.2, 0) is 0 Å². The first-order valence-electron chi connectivity index (χ1n) is 5.03. The number of nitrogens with two attached hydrogens (primary N) is 1. The molecule has 1 aromatic rings. The Morgan fingerprint density at radius 2 is 2.29 bits per heavy atom. The lowest BCUT2D eigenvalue weighted by Gasteiger charge is -2.10. The average Bonchev–Trinajstić information content (AvgIpc) is 2.26. The van der Waals surface area contributed by atoms with Crippen molar-refractivity contribution >= 4 is 0 Å². The van der Waals surface area contributed by atoms with Gasteiger partial charge in [0.15, 0.2) is 0 Å². The zero-order valence-electron chi connectivity index (χ0n) is 8.86. The lowest BCUT2D eigenvalue weighted by Crippen LogP contribution is -2.10. The molecular weight excluding hydrogens is 176 g/mol. The molecule has 1 rings (SSSR count). The van der Waals surface area contributed by atoms with Gasteiger partial charge in [0, 0.05) is 18.3 Å². The predicted octanol–water partition coefficient (Wildman–Crippen LogP) is 2.28. The van der Waals surface area contributed by atoms with Gasteiger partial charge < -0.3 is 10.5 Å². The van der Waals surface area contributed by atoms with Crippen LogP contribution in [0.25, 0.3) is 0 Å². The molecule has 0 fully saturated rings. The van der Waals surface area contributed by atoms with Gasteiger partial charge >= 0.3 is 0 Å². The summed E-state index contributed by atoms with van der Waals surface area (Å²) in [6.07, 6.45) is 5.15. The molecule has 0 aliphatic carbocycles. The molecular formula is C11H18N2O. The van der Waals surface area contributed by atoms with Crippen molar-refractivity contribution in [2.75, 3.05) is 7.11 Å². The molecule has 0 aliphatic rings. The van der Waals surface area contributed by atoms with E-state index in [0.29, 0.717) is 5.88 Å². The van der Waals surface area contributed by atoms with Gasteiger partial charge in [-0.25, -0.2) is 4.98 Å². The number of rotatable bonds is 5. The number of methoxy groups -OCH3 is 1. The smallest absolute Gasteiger partial charge is 0.212 e. The van der Waals surface area contributed by atoms with Crippen molar-refractivity contribution in [1.82, 2.24) is 4.98 Å². The first kappa shape index (κ1) is 11.0. The Bertz CT molecular complexity index is 258. The second-order valence-electron chi connectivity index (χ2n) is 3.38. The molecule has 3 nitrogen and oxygen atoms in total. The van der Waals surface area contributed by atoms with Crippen molar-refractivity contribution in [2.45, 2.75) is 32.2 Å². The summed E-state index contributed by atoms with van der Waals surface area (Å²) in [7, 11) is 1.61. The summed E-state index contributed by atoms with van der Waals surface area (Å²) < 4.78 is 4.98. The van der Waals surface area contributed by atoms with Crippen molar-refractivity contribution in [3.8, 4) is 5.88 Å². The van der Waals surface area contributed by atoms with E-state index < -0.39 is 0 Å². The van der Waals surface area contributed by atoms with Crippen molar-refractivity contribution in [3.63, 3.8) is 0 Å². The number of ether oxygens (including phenoxy) is 1. The van der Waals surface area contributed by atoms with Gasteiger partial charge in [-0.3, -0.25) is 0 Å². The molecule has 3 heteroatoms. The minimum absolute atomic E-state index is 0.105. The molecule has 0 unspecified atom stereocenters. The zero-order valence-corrected chi connectivity index (χ0v) is 8.86. The number of hydrogen-bond donors (Lipinski definition) is 1. The van der Waals surface area contributed by atoms with E-state index in [1.165, 1.54) is 6.42 Å². The largest absolute Gasteiger partial charge is 0.481 e. The lowest BCUT2D eigenvalue weighted by atomic mass is 10.0. The van der Waals surface area contributed by atoms with Crippen LogP contribution in [0.15, 0.2) is 18.3 Å². The van der Waals surface area contributed by atoms with Gasteiger partial charge in [0.1, 0.15) is 0 Å². The summed E-state index contributed by atoms with van der Waals surface area (Å²) in [5, 5.41) is 0. The molecule has 0 radical (unpaired) electrons. The van der Waals surface area contributed by atoms with E-state index in [9.17, 15) is 0 Å². The van der Waals surface area contributed by atoms with Gasteiger partial charge in [-0.2, -0.15) is 0 Å². The number of aromatic nitrogens is 1. The number of hydrogen-bond acceptors (Lipinski definition) is 3. The van der Waals surface area contributed by atoms with Crippen LogP contribution in [-0.4, -0.2) is 12.1 Å². The fourth-order valence-electron chi connectivity index (χ4n) is 1.32. The SMILES string of the molecule is CCCC[C@@H](N)c1ccc(OC)nc1. The molecule has 0 spiro atoms. The van der Waals surface area contributed by atoms with Gasteiger partial charge in [0.2, 0.25) is 5.88 Å². The fourth-order valence-corrected chi connectivity index (χ4v) is 1.32. The van der Waals surface area contributed by atoms with Crippen molar-refractivity contribution in [3.05, 3.63) is 23.9 Å². The molecule has 0 amide bonds. The summed E-state index contributed by atoms with van der Waals surface area (Å²) in [5.74, 6) is 0.636. The van der Waals surface area contributed by atoms with E-state index in [4.69, 9.17) is 10.5 Å². The van der Waals surface area contributed by atoms with Gasteiger partial charge in [-0.15, -0.1) is 0 Å². The molecule has 1 heterocycles. The number of pyridine rings is 1. The lowest BCUT2D eigenvalue weighted by molar-refractivity contribution is 0.397. The highest BCUT2D eigenvalue weighted by Crippen LogP contribution is 2.17. The molecule has 0 bridgehead atoms. The van der Waals surface area contributed by atoms with Gasteiger partial charge in [0.25, 0.3) is 0 Å². The van der Waals surface area contributed by atoms with Crippen LogP contribution in [0.2, 0.25) is 0 Å². The summed E-state index contributed by atoms with van der Waals surface area (Å²) in [6, 6.07) is 3.93. The molecule has 0 saturated carbocycles.